The maximum absolute atomic E-state index is 12.6. The van der Waals surface area contributed by atoms with Crippen molar-refractivity contribution in [1.29, 1.82) is 0 Å². The molecule has 134 valence electrons. The predicted octanol–water partition coefficient (Wildman–Crippen LogP) is 3.95. The number of para-hydroxylation sites is 1. The molecule has 2 N–H and O–H groups in total. The van der Waals surface area contributed by atoms with Crippen molar-refractivity contribution in [2.24, 2.45) is 10.9 Å². The van der Waals surface area contributed by atoms with Crippen molar-refractivity contribution >= 4 is 29.2 Å². The minimum Gasteiger partial charge on any atom is -0.325 e. The van der Waals surface area contributed by atoms with Crippen LogP contribution >= 0.6 is 11.6 Å². The van der Waals surface area contributed by atoms with Crippen LogP contribution in [0.15, 0.2) is 52.3 Å². The maximum atomic E-state index is 12.6. The van der Waals surface area contributed by atoms with Crippen LogP contribution in [-0.4, -0.2) is 15.5 Å². The first-order valence-electron chi connectivity index (χ1n) is 8.73. The van der Waals surface area contributed by atoms with E-state index in [0.717, 1.165) is 24.9 Å². The summed E-state index contributed by atoms with van der Waals surface area (Å²) in [4.78, 5) is 21.9. The fraction of sp³-hybridized carbons (Fsp3) is 0.316. The molecule has 2 aliphatic rings. The number of allylic oxidation sites excluding steroid dienone is 2. The Bertz CT molecular complexity index is 949. The van der Waals surface area contributed by atoms with Crippen molar-refractivity contribution in [3.05, 3.63) is 63.6 Å². The van der Waals surface area contributed by atoms with Gasteiger partial charge in [0.1, 0.15) is 6.17 Å². The highest BCUT2D eigenvalue weighted by Crippen LogP contribution is 2.34. The standard InChI is InChI=1S/C19H20ClN5O/c1-12-11-16(26)25-17(13-7-3-2-4-8-13)23-18(24-19(25)21-12)22-15-10-6-5-9-14(15)20/h2-3,5-6,9-11,13,17H,4,7-8H2,1H3,(H2,21,22,23,24)/t13-,17-/m1/s1. The van der Waals surface area contributed by atoms with E-state index in [4.69, 9.17) is 16.6 Å². The molecule has 0 unspecified atom stereocenters. The molecule has 2 atom stereocenters. The van der Waals surface area contributed by atoms with Crippen LogP contribution in [0.3, 0.4) is 0 Å². The Kier molecular flexibility index (Phi) is 4.51. The molecule has 0 spiro atoms. The van der Waals surface area contributed by atoms with E-state index in [1.165, 1.54) is 0 Å². The number of hydrogen-bond donors (Lipinski definition) is 2. The summed E-state index contributed by atoms with van der Waals surface area (Å²) in [6.45, 7) is 1.81. The predicted molar refractivity (Wildman–Crippen MR) is 105 cm³/mol. The topological polar surface area (TPSA) is 71.3 Å². The van der Waals surface area contributed by atoms with Gasteiger partial charge in [0.2, 0.25) is 11.9 Å². The van der Waals surface area contributed by atoms with Gasteiger partial charge in [-0.15, -0.1) is 0 Å². The molecule has 1 aromatic heterocycles. The molecule has 26 heavy (non-hydrogen) atoms. The van der Waals surface area contributed by atoms with Crippen molar-refractivity contribution in [2.45, 2.75) is 32.4 Å². The summed E-state index contributed by atoms with van der Waals surface area (Å²) >= 11 is 6.25. The molecule has 7 heteroatoms. The Morgan fingerprint density at radius 2 is 2.15 bits per heavy atom. The Labute approximate surface area is 156 Å². The minimum absolute atomic E-state index is 0.0832. The number of anilines is 2. The zero-order valence-electron chi connectivity index (χ0n) is 14.4. The van der Waals surface area contributed by atoms with Gasteiger partial charge in [0.05, 0.1) is 10.7 Å². The summed E-state index contributed by atoms with van der Waals surface area (Å²) in [5.74, 6) is 1.32. The second-order valence-electron chi connectivity index (χ2n) is 6.60. The largest absolute Gasteiger partial charge is 0.325 e. The van der Waals surface area contributed by atoms with Gasteiger partial charge < -0.3 is 5.32 Å². The van der Waals surface area contributed by atoms with Crippen LogP contribution in [0.1, 0.15) is 31.1 Å². The van der Waals surface area contributed by atoms with E-state index in [0.29, 0.717) is 22.6 Å². The first kappa shape index (κ1) is 16.8. The summed E-state index contributed by atoms with van der Waals surface area (Å²) in [6, 6.07) is 9.04. The van der Waals surface area contributed by atoms with E-state index in [2.05, 4.69) is 27.8 Å². The number of aromatic nitrogens is 2. The fourth-order valence-electron chi connectivity index (χ4n) is 3.44. The molecular weight excluding hydrogens is 350 g/mol. The summed E-state index contributed by atoms with van der Waals surface area (Å²) in [5, 5.41) is 6.97. The van der Waals surface area contributed by atoms with Gasteiger partial charge in [0.15, 0.2) is 0 Å². The molecule has 0 fully saturated rings. The molecule has 2 heterocycles. The average molecular weight is 370 g/mol. The highest BCUT2D eigenvalue weighted by Gasteiger charge is 2.30. The van der Waals surface area contributed by atoms with E-state index in [1.807, 2.05) is 31.2 Å². The number of aliphatic imine (C=N–C) groups is 1. The molecule has 0 saturated heterocycles. The van der Waals surface area contributed by atoms with Crippen LogP contribution in [0.5, 0.6) is 0 Å². The molecule has 6 nitrogen and oxygen atoms in total. The lowest BCUT2D eigenvalue weighted by molar-refractivity contribution is 0.308. The third kappa shape index (κ3) is 3.24. The minimum atomic E-state index is -0.290. The number of aryl methyl sites for hydroxylation is 1. The molecule has 0 amide bonds. The highest BCUT2D eigenvalue weighted by atomic mass is 35.5. The van der Waals surface area contributed by atoms with Crippen LogP contribution in [0.4, 0.5) is 11.6 Å². The van der Waals surface area contributed by atoms with Crippen molar-refractivity contribution in [3.63, 3.8) is 0 Å². The number of rotatable bonds is 2. The van der Waals surface area contributed by atoms with Crippen LogP contribution in [0.25, 0.3) is 0 Å². The number of halogens is 1. The number of hydrogen-bond acceptors (Lipinski definition) is 5. The van der Waals surface area contributed by atoms with Crippen molar-refractivity contribution in [1.82, 2.24) is 9.55 Å². The number of fused-ring (bicyclic) bond motifs is 1. The van der Waals surface area contributed by atoms with Gasteiger partial charge in [-0.05, 0) is 38.3 Å². The lowest BCUT2D eigenvalue weighted by Crippen LogP contribution is -2.40. The van der Waals surface area contributed by atoms with E-state index in [-0.39, 0.29) is 17.6 Å². The van der Waals surface area contributed by atoms with Gasteiger partial charge in [-0.1, -0.05) is 35.9 Å². The van der Waals surface area contributed by atoms with Crippen LogP contribution in [-0.2, 0) is 0 Å². The van der Waals surface area contributed by atoms with Gasteiger partial charge in [-0.2, -0.15) is 0 Å². The van der Waals surface area contributed by atoms with Gasteiger partial charge >= 0.3 is 0 Å². The smallest absolute Gasteiger partial charge is 0.256 e. The summed E-state index contributed by atoms with van der Waals surface area (Å²) in [5.41, 5.74) is 1.35. The number of benzene rings is 1. The lowest BCUT2D eigenvalue weighted by atomic mass is 9.91. The van der Waals surface area contributed by atoms with Gasteiger partial charge in [0.25, 0.3) is 5.56 Å². The first-order valence-corrected chi connectivity index (χ1v) is 9.11. The van der Waals surface area contributed by atoms with Gasteiger partial charge in [0, 0.05) is 17.7 Å². The summed E-state index contributed by atoms with van der Waals surface area (Å²) in [7, 11) is 0. The van der Waals surface area contributed by atoms with Crippen molar-refractivity contribution in [2.75, 3.05) is 10.6 Å². The summed E-state index contributed by atoms with van der Waals surface area (Å²) in [6.07, 6.45) is 6.94. The zero-order valence-corrected chi connectivity index (χ0v) is 15.2. The normalized spacial score (nSPS) is 21.5. The highest BCUT2D eigenvalue weighted by molar-refractivity contribution is 6.33. The quantitative estimate of drug-likeness (QED) is 0.786. The third-order valence-corrected chi connectivity index (χ3v) is 5.02. The maximum Gasteiger partial charge on any atom is 0.256 e. The number of guanidine groups is 1. The SMILES string of the molecule is Cc1cc(=O)n2c(n1)NC(Nc1ccccc1Cl)=N[C@H]2[C@@H]1CC=CCC1. The summed E-state index contributed by atoms with van der Waals surface area (Å²) < 4.78 is 1.66. The monoisotopic (exact) mass is 369 g/mol. The second-order valence-corrected chi connectivity index (χ2v) is 7.00. The van der Waals surface area contributed by atoms with Gasteiger partial charge in [-0.3, -0.25) is 14.7 Å². The Balaban J connectivity index is 1.74. The van der Waals surface area contributed by atoms with E-state index in [9.17, 15) is 4.79 Å². The Morgan fingerprint density at radius 1 is 1.31 bits per heavy atom. The first-order chi connectivity index (χ1) is 12.6. The molecule has 1 aliphatic heterocycles. The Hall–Kier alpha value is -2.60. The Morgan fingerprint density at radius 3 is 2.92 bits per heavy atom. The second kappa shape index (κ2) is 6.96. The molecule has 1 aliphatic carbocycles. The van der Waals surface area contributed by atoms with E-state index in [1.54, 1.807) is 10.6 Å². The van der Waals surface area contributed by atoms with Crippen LogP contribution in [0.2, 0.25) is 5.02 Å². The van der Waals surface area contributed by atoms with E-state index < -0.39 is 0 Å². The lowest BCUT2D eigenvalue weighted by Gasteiger charge is -2.32. The molecule has 4 rings (SSSR count). The molecule has 2 aromatic rings. The fourth-order valence-corrected chi connectivity index (χ4v) is 3.62. The van der Waals surface area contributed by atoms with Crippen molar-refractivity contribution < 1.29 is 0 Å². The molecule has 0 saturated carbocycles. The van der Waals surface area contributed by atoms with Gasteiger partial charge in [-0.25, -0.2) is 9.98 Å². The zero-order chi connectivity index (χ0) is 18.1. The van der Waals surface area contributed by atoms with Crippen LogP contribution < -0.4 is 16.2 Å². The van der Waals surface area contributed by atoms with Crippen molar-refractivity contribution in [3.8, 4) is 0 Å². The molecular formula is C19H20ClN5O. The molecule has 0 bridgehead atoms. The van der Waals surface area contributed by atoms with E-state index >= 15 is 0 Å². The average Bonchev–Trinajstić information content (AvgIpc) is 2.63. The molecule has 1 aromatic carbocycles. The number of nitrogens with zero attached hydrogens (tertiary/aromatic N) is 3. The molecule has 0 radical (unpaired) electrons. The third-order valence-electron chi connectivity index (χ3n) is 4.69. The number of nitrogens with one attached hydrogen (secondary N) is 2. The van der Waals surface area contributed by atoms with Crippen LogP contribution in [0, 0.1) is 12.8 Å².